The first-order valence-electron chi connectivity index (χ1n) is 16.0. The average molecular weight is 539 g/mol. The van der Waals surface area contributed by atoms with Crippen LogP contribution in [0.25, 0.3) is 0 Å². The summed E-state index contributed by atoms with van der Waals surface area (Å²) in [7, 11) is 0. The Kier molecular flexibility index (Phi) is 5.46. The van der Waals surface area contributed by atoms with E-state index in [2.05, 4.69) is 32.0 Å². The molecule has 8 rings (SSSR count). The molecule has 0 saturated heterocycles. The largest absolute Gasteiger partial charge is 0.508 e. The third kappa shape index (κ3) is 3.43. The number of Topliss-reactive ketones (excluding diaryl/α,β-unsaturated/α-hetero) is 2. The maximum Gasteiger partial charge on any atom is 0.139 e. The molecule has 4 saturated carbocycles. The molecule has 1 N–H and O–H groups in total. The van der Waals surface area contributed by atoms with Crippen molar-refractivity contribution < 1.29 is 19.4 Å². The van der Waals surface area contributed by atoms with Gasteiger partial charge in [0, 0.05) is 35.3 Å². The molecule has 0 aromatic heterocycles. The number of aryl methyl sites for hydroxylation is 2. The van der Waals surface area contributed by atoms with Crippen molar-refractivity contribution in [1.82, 2.24) is 0 Å². The zero-order chi connectivity index (χ0) is 27.4. The van der Waals surface area contributed by atoms with Crippen molar-refractivity contribution in [1.29, 1.82) is 0 Å². The predicted octanol–water partition coefficient (Wildman–Crippen LogP) is 8.03. The highest BCUT2D eigenvalue weighted by Crippen LogP contribution is 2.62. The van der Waals surface area contributed by atoms with Crippen LogP contribution < -0.4 is 4.74 Å². The van der Waals surface area contributed by atoms with E-state index in [1.165, 1.54) is 28.7 Å². The third-order valence-electron chi connectivity index (χ3n) is 13.1. The minimum atomic E-state index is -0.144. The van der Waals surface area contributed by atoms with Crippen LogP contribution in [0.5, 0.6) is 17.2 Å². The lowest BCUT2D eigenvalue weighted by molar-refractivity contribution is -0.130. The molecule has 0 radical (unpaired) electrons. The maximum atomic E-state index is 12.8. The van der Waals surface area contributed by atoms with Crippen LogP contribution in [0.4, 0.5) is 0 Å². The molecule has 0 bridgehead atoms. The lowest BCUT2D eigenvalue weighted by atomic mass is 9.55. The Bertz CT molecular complexity index is 1420. The van der Waals surface area contributed by atoms with E-state index < -0.39 is 0 Å². The summed E-state index contributed by atoms with van der Waals surface area (Å²) in [5.74, 6) is 6.04. The zero-order valence-electron chi connectivity index (χ0n) is 24.0. The van der Waals surface area contributed by atoms with Crippen LogP contribution in [0, 0.1) is 34.5 Å². The highest BCUT2D eigenvalue weighted by molar-refractivity contribution is 5.87. The fourth-order valence-electron chi connectivity index (χ4n) is 11.0. The van der Waals surface area contributed by atoms with Crippen LogP contribution in [0.1, 0.15) is 112 Å². The number of rotatable bonds is 2. The van der Waals surface area contributed by atoms with Crippen LogP contribution in [0.15, 0.2) is 30.3 Å². The molecule has 8 atom stereocenters. The molecular formula is C36H42O4. The fraction of sp³-hybridized carbons (Fsp3) is 0.611. The van der Waals surface area contributed by atoms with Crippen molar-refractivity contribution in [2.75, 3.05) is 0 Å². The van der Waals surface area contributed by atoms with Gasteiger partial charge >= 0.3 is 0 Å². The standard InChI is InChI=1S/C36H42O4/c1-35-15-13-25-24-8-5-23(18-20(24)3-6-26(25)29(35)9-11-32(35)38)40-31-19-22(37)17-21-4-7-27-28(34(21)31)14-16-36(2)30(27)10-12-33(36)39/h5,8,17-19,25-30,37H,3-4,6-7,9-16H2,1-2H3/t25-,26-,27-,28+,29+,30+,35+,36+/m1/s1. The van der Waals surface area contributed by atoms with E-state index in [-0.39, 0.29) is 16.6 Å². The first-order chi connectivity index (χ1) is 19.3. The number of hydrogen-bond donors (Lipinski definition) is 1. The minimum absolute atomic E-state index is 0.0870. The molecule has 0 spiro atoms. The fourth-order valence-corrected chi connectivity index (χ4v) is 11.0. The maximum absolute atomic E-state index is 12.8. The molecule has 0 amide bonds. The summed E-state index contributed by atoms with van der Waals surface area (Å²) in [6.07, 6.45) is 12.0. The Morgan fingerprint density at radius 2 is 1.35 bits per heavy atom. The van der Waals surface area contributed by atoms with E-state index in [9.17, 15) is 14.7 Å². The van der Waals surface area contributed by atoms with Crippen LogP contribution in [0.2, 0.25) is 0 Å². The van der Waals surface area contributed by atoms with Crippen LogP contribution >= 0.6 is 0 Å². The summed E-state index contributed by atoms with van der Waals surface area (Å²) in [5, 5.41) is 10.7. The van der Waals surface area contributed by atoms with Gasteiger partial charge in [-0.25, -0.2) is 0 Å². The van der Waals surface area contributed by atoms with Crippen molar-refractivity contribution in [3.8, 4) is 17.2 Å². The van der Waals surface area contributed by atoms with Gasteiger partial charge in [-0.05, 0) is 135 Å². The molecule has 6 aliphatic rings. The lowest BCUT2D eigenvalue weighted by Crippen LogP contribution is -2.42. The van der Waals surface area contributed by atoms with E-state index in [4.69, 9.17) is 4.74 Å². The van der Waals surface area contributed by atoms with Gasteiger partial charge < -0.3 is 9.84 Å². The summed E-state index contributed by atoms with van der Waals surface area (Å²) in [6.45, 7) is 4.47. The number of phenols is 1. The van der Waals surface area contributed by atoms with Gasteiger partial charge in [0.1, 0.15) is 28.8 Å². The van der Waals surface area contributed by atoms with Gasteiger partial charge in [-0.2, -0.15) is 0 Å². The SMILES string of the molecule is C[C@]12CC[C@@H]3c4ccc(Oc5cc(O)cc6c5[C@H]5CC[C@]7(C)C(=O)CC[C@H]7[C@@H]5CC6)cc4CC[C@H]3[C@@H]1CCC2=O. The molecule has 4 nitrogen and oxygen atoms in total. The Labute approximate surface area is 237 Å². The van der Waals surface area contributed by atoms with Crippen molar-refractivity contribution >= 4 is 11.6 Å². The smallest absolute Gasteiger partial charge is 0.139 e. The molecular weight excluding hydrogens is 496 g/mol. The summed E-state index contributed by atoms with van der Waals surface area (Å²) in [6, 6.07) is 10.5. The van der Waals surface area contributed by atoms with E-state index in [0.29, 0.717) is 47.1 Å². The van der Waals surface area contributed by atoms with Crippen molar-refractivity contribution in [3.05, 3.63) is 52.6 Å². The van der Waals surface area contributed by atoms with Crippen molar-refractivity contribution in [3.63, 3.8) is 0 Å². The summed E-state index contributed by atoms with van der Waals surface area (Å²) >= 11 is 0. The summed E-state index contributed by atoms with van der Waals surface area (Å²) in [4.78, 5) is 25.5. The van der Waals surface area contributed by atoms with Gasteiger partial charge in [-0.15, -0.1) is 0 Å². The molecule has 6 aliphatic carbocycles. The van der Waals surface area contributed by atoms with Gasteiger partial charge in [0.15, 0.2) is 0 Å². The number of ketones is 2. The highest BCUT2D eigenvalue weighted by Gasteiger charge is 2.56. The number of ether oxygens (including phenoxy) is 1. The molecule has 4 heteroatoms. The molecule has 0 aliphatic heterocycles. The first-order valence-corrected chi connectivity index (χ1v) is 16.0. The molecule has 2 aromatic rings. The van der Waals surface area contributed by atoms with E-state index in [1.807, 2.05) is 12.1 Å². The van der Waals surface area contributed by atoms with E-state index >= 15 is 0 Å². The Morgan fingerprint density at radius 3 is 2.05 bits per heavy atom. The van der Waals surface area contributed by atoms with E-state index in [0.717, 1.165) is 82.1 Å². The number of carbonyl (C=O) groups excluding carboxylic acids is 2. The molecule has 210 valence electrons. The molecule has 40 heavy (non-hydrogen) atoms. The average Bonchev–Trinajstić information content (AvgIpc) is 3.42. The Morgan fingerprint density at radius 1 is 0.725 bits per heavy atom. The molecule has 0 heterocycles. The van der Waals surface area contributed by atoms with E-state index in [1.54, 1.807) is 0 Å². The second-order valence-electron chi connectivity index (χ2n) is 14.6. The number of aromatic hydroxyl groups is 1. The molecule has 0 unspecified atom stereocenters. The van der Waals surface area contributed by atoms with Gasteiger partial charge in [0.05, 0.1) is 0 Å². The van der Waals surface area contributed by atoms with Gasteiger partial charge in [-0.1, -0.05) is 19.9 Å². The Hall–Kier alpha value is -2.62. The number of phenolic OH excluding ortho intramolecular Hbond substituents is 1. The topological polar surface area (TPSA) is 63.6 Å². The van der Waals surface area contributed by atoms with Crippen LogP contribution in [-0.2, 0) is 22.4 Å². The van der Waals surface area contributed by atoms with Gasteiger partial charge in [0.25, 0.3) is 0 Å². The first kappa shape index (κ1) is 25.1. The zero-order valence-corrected chi connectivity index (χ0v) is 24.0. The second-order valence-corrected chi connectivity index (χ2v) is 14.6. The number of fused-ring (bicyclic) bond motifs is 10. The number of hydrogen-bond acceptors (Lipinski definition) is 4. The van der Waals surface area contributed by atoms with Crippen molar-refractivity contribution in [2.24, 2.45) is 34.5 Å². The molecule has 2 aromatic carbocycles. The van der Waals surface area contributed by atoms with Gasteiger partial charge in [0.2, 0.25) is 0 Å². The van der Waals surface area contributed by atoms with Gasteiger partial charge in [-0.3, -0.25) is 9.59 Å². The molecule has 4 fully saturated rings. The Balaban J connectivity index is 1.09. The highest BCUT2D eigenvalue weighted by atomic mass is 16.5. The number of benzene rings is 2. The monoisotopic (exact) mass is 538 g/mol. The van der Waals surface area contributed by atoms with Crippen LogP contribution in [-0.4, -0.2) is 16.7 Å². The summed E-state index contributed by atoms with van der Waals surface area (Å²) < 4.78 is 6.69. The quantitative estimate of drug-likeness (QED) is 0.420. The summed E-state index contributed by atoms with van der Waals surface area (Å²) in [5.41, 5.74) is 5.15. The minimum Gasteiger partial charge on any atom is -0.508 e. The normalized spacial score (nSPS) is 39.5. The van der Waals surface area contributed by atoms with Crippen molar-refractivity contribution in [2.45, 2.75) is 103 Å². The second kappa shape index (κ2) is 8.69. The number of carbonyl (C=O) groups is 2. The predicted molar refractivity (Wildman–Crippen MR) is 154 cm³/mol. The lowest BCUT2D eigenvalue weighted by Gasteiger charge is -2.48. The van der Waals surface area contributed by atoms with Crippen LogP contribution in [0.3, 0.4) is 0 Å². The third-order valence-corrected chi connectivity index (χ3v) is 13.1.